The van der Waals surface area contributed by atoms with Crippen molar-refractivity contribution in [2.75, 3.05) is 32.3 Å². The SMILES string of the molecule is C=CC(=O)OC.CC[O-].COC(=O)/C=C/c1cccnc1N.Clc1ccc2cccnc2n1.Nc1ncccc1C=O.O=P(Cl)(Cl)Cl.O=c1ccc2cccnc2[nH]1.[Na+]. The van der Waals surface area contributed by atoms with Crippen molar-refractivity contribution in [3.05, 3.63) is 143 Å². The predicted octanol–water partition coefficient (Wildman–Crippen LogP) is 4.06. The number of esters is 2. The van der Waals surface area contributed by atoms with Crippen LogP contribution in [0.2, 0.25) is 5.15 Å². The minimum absolute atomic E-state index is 0. The van der Waals surface area contributed by atoms with Crippen molar-refractivity contribution in [2.45, 2.75) is 6.92 Å². The minimum atomic E-state index is -3.22. The van der Waals surface area contributed by atoms with Gasteiger partial charge in [-0.1, -0.05) is 25.1 Å². The number of aromatic amines is 1. The molecule has 16 nitrogen and oxygen atoms in total. The third-order valence-corrected chi connectivity index (χ3v) is 5.97. The summed E-state index contributed by atoms with van der Waals surface area (Å²) in [5.74, 6) is -0.131. The number of nitrogen functional groups attached to an aromatic ring is 2. The van der Waals surface area contributed by atoms with Crippen molar-refractivity contribution in [3.8, 4) is 0 Å². The molecule has 22 heteroatoms. The van der Waals surface area contributed by atoms with Crippen LogP contribution >= 0.6 is 50.5 Å². The van der Waals surface area contributed by atoms with Crippen LogP contribution in [-0.4, -0.2) is 69.0 Å². The Morgan fingerprint density at radius 1 is 0.814 bits per heavy atom. The first kappa shape index (κ1) is 56.4. The normalized spacial score (nSPS) is 9.42. The van der Waals surface area contributed by atoms with Crippen LogP contribution in [0.1, 0.15) is 22.8 Å². The summed E-state index contributed by atoms with van der Waals surface area (Å²) in [5.41, 5.74) is 13.2. The number of hydrogen-bond donors (Lipinski definition) is 3. The fourth-order valence-electron chi connectivity index (χ4n) is 3.32. The van der Waals surface area contributed by atoms with Gasteiger partial charge in [0.05, 0.1) is 19.8 Å². The third kappa shape index (κ3) is 28.3. The number of ether oxygens (including phenoxy) is 2. The Hall–Kier alpha value is -4.74. The van der Waals surface area contributed by atoms with E-state index in [9.17, 15) is 23.7 Å². The van der Waals surface area contributed by atoms with E-state index in [2.05, 4.69) is 79.7 Å². The Labute approximate surface area is 381 Å². The van der Waals surface area contributed by atoms with E-state index >= 15 is 0 Å². The number of nitrogens with zero attached hydrogens (tertiary/aromatic N) is 5. The Kier molecular flexibility index (Phi) is 31.6. The number of carbonyl (C=O) groups excluding carboxylic acids is 3. The van der Waals surface area contributed by atoms with Crippen molar-refractivity contribution in [3.63, 3.8) is 0 Å². The molecule has 308 valence electrons. The monoisotopic (exact) mass is 916 g/mol. The first-order valence-corrected chi connectivity index (χ1v) is 20.7. The van der Waals surface area contributed by atoms with Crippen LogP contribution < -0.4 is 51.7 Å². The number of carbonyl (C=O) groups is 3. The fourth-order valence-corrected chi connectivity index (χ4v) is 3.46. The summed E-state index contributed by atoms with van der Waals surface area (Å²) in [7, 11) is 2.63. The van der Waals surface area contributed by atoms with Crippen LogP contribution in [0.3, 0.4) is 0 Å². The van der Waals surface area contributed by atoms with Crippen LogP contribution in [0.15, 0.2) is 121 Å². The molecule has 0 aliphatic carbocycles. The van der Waals surface area contributed by atoms with E-state index in [0.29, 0.717) is 39.7 Å². The van der Waals surface area contributed by atoms with Crippen LogP contribution in [0, 0.1) is 0 Å². The number of rotatable bonds is 4. The molecule has 0 saturated carbocycles. The van der Waals surface area contributed by atoms with Gasteiger partial charge < -0.3 is 31.0 Å². The van der Waals surface area contributed by atoms with Gasteiger partial charge in [0.2, 0.25) is 5.56 Å². The maximum atomic E-state index is 10.8. The molecule has 6 aromatic heterocycles. The zero-order valence-corrected chi connectivity index (χ0v) is 38.0. The Morgan fingerprint density at radius 2 is 1.29 bits per heavy atom. The zero-order valence-electron chi connectivity index (χ0n) is 32.1. The molecule has 0 saturated heterocycles. The summed E-state index contributed by atoms with van der Waals surface area (Å²) in [4.78, 5) is 63.7. The smallest absolute Gasteiger partial charge is 0.855 e. The molecular formula is C37H38Cl4N8NaO8P. The van der Waals surface area contributed by atoms with E-state index in [0.717, 1.165) is 16.8 Å². The number of methoxy groups -OCH3 is 2. The summed E-state index contributed by atoms with van der Waals surface area (Å²) >= 11 is 19.5. The number of anilines is 2. The molecule has 0 radical (unpaired) electrons. The number of nitrogens with one attached hydrogen (secondary N) is 1. The zero-order chi connectivity index (χ0) is 43.9. The molecule has 0 bridgehead atoms. The van der Waals surface area contributed by atoms with Crippen molar-refractivity contribution in [1.29, 1.82) is 0 Å². The van der Waals surface area contributed by atoms with Crippen molar-refractivity contribution in [1.82, 2.24) is 29.9 Å². The maximum Gasteiger partial charge on any atom is 1.00 e. The van der Waals surface area contributed by atoms with Crippen molar-refractivity contribution < 1.29 is 63.1 Å². The standard InChI is InChI=1S/C9H10N2O2.C8H5ClN2.C8H6N2O.C6H6N2O.C4H6O2.C2H5O.Cl3OP.Na/c1-13-8(12)5-4-7-3-2-6-11-9(7)10;9-7-4-3-6-2-1-5-10-8(6)11-7;11-7-4-3-6-2-1-5-9-8(6)10-7;7-6-5(4-9)2-1-3-8-6;1-3-4(5)6-2;1-2-3;1-5(2,3)4;/h2-6H,1H3,(H2,10,11);1-5H;1-5H,(H,9,10,11);1-4H,(H2,7,8);3H,1H2,2H3;2H2,1H3;;/q;;;;;-1;;+1/b5-4+;;;;;;;. The summed E-state index contributed by atoms with van der Waals surface area (Å²) in [6.45, 7) is 4.73. The molecule has 6 heterocycles. The molecule has 59 heavy (non-hydrogen) atoms. The first-order chi connectivity index (χ1) is 27.5. The van der Waals surface area contributed by atoms with Crippen LogP contribution in [0.25, 0.3) is 28.1 Å². The Morgan fingerprint density at radius 3 is 1.76 bits per heavy atom. The van der Waals surface area contributed by atoms with Crippen LogP contribution in [0.5, 0.6) is 0 Å². The van der Waals surface area contributed by atoms with E-state index in [1.54, 1.807) is 74.2 Å². The van der Waals surface area contributed by atoms with Crippen molar-refractivity contribution in [2.24, 2.45) is 0 Å². The number of aldehydes is 1. The topological polar surface area (TPSA) is 259 Å². The molecule has 0 unspecified atom stereocenters. The quantitative estimate of drug-likeness (QED) is 0.0563. The molecule has 0 aromatic carbocycles. The van der Waals surface area contributed by atoms with E-state index < -0.39 is 17.1 Å². The molecule has 0 aliphatic heterocycles. The van der Waals surface area contributed by atoms with E-state index in [-0.39, 0.29) is 47.5 Å². The molecule has 0 fully saturated rings. The molecular weight excluding hydrogens is 880 g/mol. The van der Waals surface area contributed by atoms with Gasteiger partial charge in [-0.3, -0.25) is 14.2 Å². The first-order valence-electron chi connectivity index (χ1n) is 15.9. The molecule has 0 aliphatic rings. The van der Waals surface area contributed by atoms with Crippen molar-refractivity contribution >= 4 is 109 Å². The van der Waals surface area contributed by atoms with Gasteiger partial charge in [0.15, 0.2) is 11.9 Å². The largest absolute Gasteiger partial charge is 1.00 e. The van der Waals surface area contributed by atoms with Gasteiger partial charge in [-0.2, -0.15) is 0 Å². The van der Waals surface area contributed by atoms with E-state index in [1.807, 2.05) is 30.3 Å². The molecule has 6 aromatic rings. The average Bonchev–Trinajstić information content (AvgIpc) is 3.21. The van der Waals surface area contributed by atoms with Gasteiger partial charge in [0.1, 0.15) is 22.4 Å². The van der Waals surface area contributed by atoms with Gasteiger partial charge in [0, 0.05) is 59.3 Å². The number of fused-ring (bicyclic) bond motifs is 2. The molecule has 0 atom stereocenters. The Bertz CT molecular complexity index is 2310. The molecule has 5 N–H and O–H groups in total. The van der Waals surface area contributed by atoms with Gasteiger partial charge in [0.25, 0.3) is 0 Å². The molecule has 6 rings (SSSR count). The number of nitrogens with two attached hydrogens (primary N) is 2. The van der Waals surface area contributed by atoms with Gasteiger partial charge in [-0.05, 0) is 107 Å². The number of halogens is 4. The van der Waals surface area contributed by atoms with E-state index in [1.165, 1.54) is 26.4 Å². The summed E-state index contributed by atoms with van der Waals surface area (Å²) in [6.07, 6.45) is 11.1. The summed E-state index contributed by atoms with van der Waals surface area (Å²) in [5, 5.41) is 8.15. The second-order valence-electron chi connectivity index (χ2n) is 9.79. The predicted molar refractivity (Wildman–Crippen MR) is 229 cm³/mol. The number of hydrogen-bond acceptors (Lipinski definition) is 15. The number of aromatic nitrogens is 6. The number of pyridine rings is 6. The van der Waals surface area contributed by atoms with Crippen LogP contribution in [0.4, 0.5) is 11.6 Å². The van der Waals surface area contributed by atoms with E-state index in [4.69, 9.17) is 28.2 Å². The van der Waals surface area contributed by atoms with Gasteiger partial charge >= 0.3 is 46.7 Å². The fraction of sp³-hybridized carbons (Fsp3) is 0.108. The van der Waals surface area contributed by atoms with Crippen LogP contribution in [-0.2, 0) is 23.6 Å². The average molecular weight is 919 g/mol. The molecule has 0 amide bonds. The Balaban J connectivity index is 0. The maximum absolute atomic E-state index is 10.8. The third-order valence-electron chi connectivity index (χ3n) is 5.76. The second kappa shape index (κ2) is 33.1. The second-order valence-corrected chi connectivity index (χ2v) is 16.8. The molecule has 0 spiro atoms. The minimum Gasteiger partial charge on any atom is -0.855 e. The summed E-state index contributed by atoms with van der Waals surface area (Å²) in [6, 6.07) is 21.3. The van der Waals surface area contributed by atoms with Gasteiger partial charge in [-0.15, -0.1) is 6.61 Å². The summed E-state index contributed by atoms with van der Waals surface area (Å²) < 4.78 is 18.1. The number of H-pyrrole nitrogens is 1. The van der Waals surface area contributed by atoms with Gasteiger partial charge in [-0.25, -0.2) is 34.5 Å².